The molecule has 0 spiro atoms. The predicted octanol–water partition coefficient (Wildman–Crippen LogP) is 8.06. The summed E-state index contributed by atoms with van der Waals surface area (Å²) in [5.74, 6) is 0.239. The van der Waals surface area contributed by atoms with Crippen molar-refractivity contribution < 1.29 is 28.3 Å². The van der Waals surface area contributed by atoms with Gasteiger partial charge in [0.2, 0.25) is 11.8 Å². The SMILES string of the molecule is COC(=O)c1ccc(NC(=O)CN(CCc2ccc(Oc3ccc(Cl)cc3)cc2)C(=O)Cc2ccc3nc(Nc4ccccc4)oc3c2)cc1. The third-order valence-electron chi connectivity index (χ3n) is 7.75. The van der Waals surface area contributed by atoms with Crippen molar-refractivity contribution in [1.82, 2.24) is 9.88 Å². The number of methoxy groups -OCH3 is 1. The Balaban J connectivity index is 1.13. The number of nitrogens with zero attached hydrogens (tertiary/aromatic N) is 2. The van der Waals surface area contributed by atoms with E-state index in [4.69, 9.17) is 25.5 Å². The summed E-state index contributed by atoms with van der Waals surface area (Å²) in [7, 11) is 1.30. The topological polar surface area (TPSA) is 123 Å². The zero-order chi connectivity index (χ0) is 34.9. The molecule has 1 heterocycles. The van der Waals surface area contributed by atoms with Crippen LogP contribution in [0.5, 0.6) is 11.5 Å². The molecule has 11 heteroatoms. The second-order valence-corrected chi connectivity index (χ2v) is 11.8. The Kier molecular flexibility index (Phi) is 10.7. The summed E-state index contributed by atoms with van der Waals surface area (Å²) in [4.78, 5) is 44.7. The number of amides is 2. The van der Waals surface area contributed by atoms with Crippen LogP contribution in [0.15, 0.2) is 126 Å². The van der Waals surface area contributed by atoms with E-state index in [9.17, 15) is 14.4 Å². The number of aromatic nitrogens is 1. The first-order chi connectivity index (χ1) is 24.3. The van der Waals surface area contributed by atoms with Gasteiger partial charge in [0.1, 0.15) is 17.0 Å². The molecule has 0 aliphatic rings. The summed E-state index contributed by atoms with van der Waals surface area (Å²) >= 11 is 5.97. The number of fused-ring (bicyclic) bond motifs is 1. The first kappa shape index (κ1) is 33.8. The van der Waals surface area contributed by atoms with Crippen molar-refractivity contribution in [2.75, 3.05) is 30.8 Å². The van der Waals surface area contributed by atoms with E-state index in [1.807, 2.05) is 60.7 Å². The number of para-hydroxylation sites is 1. The van der Waals surface area contributed by atoms with Crippen molar-refractivity contribution in [3.63, 3.8) is 0 Å². The number of ether oxygens (including phenoxy) is 2. The van der Waals surface area contributed by atoms with Crippen LogP contribution in [-0.2, 0) is 27.2 Å². The molecule has 252 valence electrons. The lowest BCUT2D eigenvalue weighted by Gasteiger charge is -2.23. The first-order valence-corrected chi connectivity index (χ1v) is 16.2. The van der Waals surface area contributed by atoms with E-state index in [1.54, 1.807) is 60.7 Å². The Labute approximate surface area is 293 Å². The van der Waals surface area contributed by atoms with Crippen LogP contribution in [0, 0.1) is 0 Å². The summed E-state index contributed by atoms with van der Waals surface area (Å²) in [5, 5.41) is 6.58. The van der Waals surface area contributed by atoms with Gasteiger partial charge in [-0.3, -0.25) is 9.59 Å². The van der Waals surface area contributed by atoms with Gasteiger partial charge in [0.25, 0.3) is 6.01 Å². The second-order valence-electron chi connectivity index (χ2n) is 11.4. The Morgan fingerprint density at radius 2 is 1.48 bits per heavy atom. The molecule has 6 rings (SSSR count). The summed E-state index contributed by atoms with van der Waals surface area (Å²) < 4.78 is 16.6. The van der Waals surface area contributed by atoms with Gasteiger partial charge in [-0.25, -0.2) is 4.79 Å². The molecule has 5 aromatic carbocycles. The zero-order valence-electron chi connectivity index (χ0n) is 27.1. The molecule has 10 nitrogen and oxygen atoms in total. The van der Waals surface area contributed by atoms with Gasteiger partial charge in [-0.2, -0.15) is 4.98 Å². The molecule has 0 aliphatic heterocycles. The number of nitrogens with one attached hydrogen (secondary N) is 2. The number of carbonyl (C=O) groups is 3. The number of carbonyl (C=O) groups excluding carboxylic acids is 3. The largest absolute Gasteiger partial charge is 0.465 e. The van der Waals surface area contributed by atoms with Gasteiger partial charge in [0.15, 0.2) is 5.58 Å². The van der Waals surface area contributed by atoms with E-state index in [-0.39, 0.29) is 24.8 Å². The maximum Gasteiger partial charge on any atom is 0.337 e. The van der Waals surface area contributed by atoms with Crippen molar-refractivity contribution in [1.29, 1.82) is 0 Å². The van der Waals surface area contributed by atoms with Gasteiger partial charge in [0.05, 0.1) is 25.6 Å². The van der Waals surface area contributed by atoms with Crippen LogP contribution in [0.2, 0.25) is 5.02 Å². The number of esters is 1. The maximum atomic E-state index is 13.7. The van der Waals surface area contributed by atoms with Gasteiger partial charge >= 0.3 is 5.97 Å². The Bertz CT molecular complexity index is 2080. The minimum Gasteiger partial charge on any atom is -0.465 e. The Hall–Kier alpha value is -6.13. The number of anilines is 3. The van der Waals surface area contributed by atoms with E-state index < -0.39 is 5.97 Å². The molecule has 2 amide bonds. The minimum absolute atomic E-state index is 0.0487. The van der Waals surface area contributed by atoms with Gasteiger partial charge in [-0.05, 0) is 102 Å². The van der Waals surface area contributed by atoms with E-state index in [1.165, 1.54) is 12.0 Å². The third-order valence-corrected chi connectivity index (χ3v) is 8.01. The molecular formula is C39H33ClN4O6. The molecule has 0 saturated heterocycles. The molecular weight excluding hydrogens is 656 g/mol. The number of oxazole rings is 1. The number of hydrogen-bond donors (Lipinski definition) is 2. The molecule has 6 aromatic rings. The quantitative estimate of drug-likeness (QED) is 0.117. The standard InChI is InChI=1S/C39H33ClN4O6/c1-48-38(47)28-10-14-31(15-11-28)41-36(45)25-44(22-21-26-7-16-32(17-8-26)49-33-18-12-29(40)13-19-33)37(46)24-27-9-20-34-35(23-27)50-39(43-34)42-30-5-3-2-4-6-30/h2-20,23H,21-22,24-25H2,1H3,(H,41,45)(H,42,43). The number of rotatable bonds is 13. The molecule has 0 unspecified atom stereocenters. The average molecular weight is 689 g/mol. The summed E-state index contributed by atoms with van der Waals surface area (Å²) in [5.41, 5.74) is 4.56. The van der Waals surface area contributed by atoms with Crippen molar-refractivity contribution >= 4 is 57.9 Å². The highest BCUT2D eigenvalue weighted by molar-refractivity contribution is 6.30. The third kappa shape index (κ3) is 9.06. The monoisotopic (exact) mass is 688 g/mol. The molecule has 0 radical (unpaired) electrons. The van der Waals surface area contributed by atoms with Crippen LogP contribution >= 0.6 is 11.6 Å². The number of hydrogen-bond acceptors (Lipinski definition) is 8. The normalized spacial score (nSPS) is 10.8. The van der Waals surface area contributed by atoms with Crippen LogP contribution in [0.1, 0.15) is 21.5 Å². The van der Waals surface area contributed by atoms with Crippen LogP contribution in [0.3, 0.4) is 0 Å². The first-order valence-electron chi connectivity index (χ1n) is 15.8. The zero-order valence-corrected chi connectivity index (χ0v) is 27.9. The highest BCUT2D eigenvalue weighted by Gasteiger charge is 2.19. The van der Waals surface area contributed by atoms with E-state index in [2.05, 4.69) is 15.6 Å². The predicted molar refractivity (Wildman–Crippen MR) is 192 cm³/mol. The summed E-state index contributed by atoms with van der Waals surface area (Å²) in [6, 6.07) is 36.3. The molecule has 0 bridgehead atoms. The van der Waals surface area contributed by atoms with E-state index in [0.717, 1.165) is 16.8 Å². The van der Waals surface area contributed by atoms with Crippen LogP contribution in [0.25, 0.3) is 11.1 Å². The smallest absolute Gasteiger partial charge is 0.337 e. The lowest BCUT2D eigenvalue weighted by Crippen LogP contribution is -2.40. The summed E-state index contributed by atoms with van der Waals surface area (Å²) in [6.45, 7) is 0.117. The molecule has 0 atom stereocenters. The molecule has 50 heavy (non-hydrogen) atoms. The van der Waals surface area contributed by atoms with Crippen molar-refractivity contribution in [3.05, 3.63) is 143 Å². The van der Waals surface area contributed by atoms with Crippen LogP contribution < -0.4 is 15.4 Å². The van der Waals surface area contributed by atoms with E-state index in [0.29, 0.717) is 57.9 Å². The van der Waals surface area contributed by atoms with Crippen molar-refractivity contribution in [2.45, 2.75) is 12.8 Å². The van der Waals surface area contributed by atoms with Gasteiger partial charge in [0, 0.05) is 22.9 Å². The lowest BCUT2D eigenvalue weighted by atomic mass is 10.1. The van der Waals surface area contributed by atoms with Crippen molar-refractivity contribution in [3.8, 4) is 11.5 Å². The molecule has 1 aromatic heterocycles. The average Bonchev–Trinajstić information content (AvgIpc) is 3.53. The highest BCUT2D eigenvalue weighted by atomic mass is 35.5. The van der Waals surface area contributed by atoms with Gasteiger partial charge in [-0.15, -0.1) is 0 Å². The lowest BCUT2D eigenvalue weighted by molar-refractivity contribution is -0.134. The van der Waals surface area contributed by atoms with E-state index >= 15 is 0 Å². The second kappa shape index (κ2) is 15.8. The number of benzene rings is 5. The molecule has 0 saturated carbocycles. The fourth-order valence-corrected chi connectivity index (χ4v) is 5.29. The van der Waals surface area contributed by atoms with Crippen molar-refractivity contribution in [2.24, 2.45) is 0 Å². The van der Waals surface area contributed by atoms with Crippen LogP contribution in [-0.4, -0.2) is 47.9 Å². The highest BCUT2D eigenvalue weighted by Crippen LogP contribution is 2.25. The fraction of sp³-hybridized carbons (Fsp3) is 0.128. The van der Waals surface area contributed by atoms with Crippen LogP contribution in [0.4, 0.5) is 17.4 Å². The number of halogens is 1. The molecule has 2 N–H and O–H groups in total. The van der Waals surface area contributed by atoms with Gasteiger partial charge in [-0.1, -0.05) is 48.0 Å². The molecule has 0 aliphatic carbocycles. The maximum absolute atomic E-state index is 13.7. The molecule has 0 fully saturated rings. The summed E-state index contributed by atoms with van der Waals surface area (Å²) in [6.07, 6.45) is 0.552. The minimum atomic E-state index is -0.476. The Morgan fingerprint density at radius 3 is 2.18 bits per heavy atom. The van der Waals surface area contributed by atoms with Gasteiger partial charge < -0.3 is 29.4 Å². The fourth-order valence-electron chi connectivity index (χ4n) is 5.16. The Morgan fingerprint density at radius 1 is 0.800 bits per heavy atom.